The third kappa shape index (κ3) is 4.35. The molecule has 0 aliphatic rings. The molecule has 0 saturated carbocycles. The molecule has 1 amide bonds. The van der Waals surface area contributed by atoms with Crippen LogP contribution < -0.4 is 5.32 Å². The lowest BCUT2D eigenvalue weighted by molar-refractivity contribution is 0.147. The van der Waals surface area contributed by atoms with Crippen molar-refractivity contribution in [3.8, 4) is 5.75 Å². The molecular weight excluding hydrogens is 194 g/mol. The van der Waals surface area contributed by atoms with E-state index in [0.29, 0.717) is 6.61 Å². The van der Waals surface area contributed by atoms with E-state index in [2.05, 4.69) is 5.32 Å². The van der Waals surface area contributed by atoms with Gasteiger partial charge in [0.05, 0.1) is 6.61 Å². The van der Waals surface area contributed by atoms with Gasteiger partial charge in [0.1, 0.15) is 5.75 Å². The van der Waals surface area contributed by atoms with E-state index in [0.717, 1.165) is 18.4 Å². The van der Waals surface area contributed by atoms with Crippen LogP contribution in [0.1, 0.15) is 12.0 Å². The lowest BCUT2D eigenvalue weighted by atomic mass is 10.1. The molecule has 1 aromatic carbocycles. The third-order valence-electron chi connectivity index (χ3n) is 1.98. The van der Waals surface area contributed by atoms with E-state index in [9.17, 15) is 4.79 Å². The number of carbonyl (C=O) groups excluding carboxylic acids is 1. The fourth-order valence-corrected chi connectivity index (χ4v) is 1.18. The normalized spacial score (nSPS) is 9.67. The quantitative estimate of drug-likeness (QED) is 0.742. The Kier molecular flexibility index (Phi) is 4.47. The smallest absolute Gasteiger partial charge is 0.406 e. The first-order valence-electron chi connectivity index (χ1n) is 4.85. The minimum atomic E-state index is -0.402. The van der Waals surface area contributed by atoms with Crippen molar-refractivity contribution < 1.29 is 14.6 Å². The topological polar surface area (TPSA) is 58.6 Å². The fraction of sp³-hybridized carbons (Fsp3) is 0.364. The van der Waals surface area contributed by atoms with Crippen molar-refractivity contribution >= 4 is 6.09 Å². The zero-order chi connectivity index (χ0) is 11.1. The van der Waals surface area contributed by atoms with Crippen LogP contribution in [-0.4, -0.2) is 24.9 Å². The molecule has 0 radical (unpaired) electrons. The van der Waals surface area contributed by atoms with Crippen LogP contribution in [0, 0.1) is 0 Å². The van der Waals surface area contributed by atoms with E-state index in [1.807, 2.05) is 12.1 Å². The monoisotopic (exact) mass is 209 g/mol. The zero-order valence-electron chi connectivity index (χ0n) is 8.69. The Morgan fingerprint density at radius 2 is 2.07 bits per heavy atom. The second kappa shape index (κ2) is 5.90. The Hall–Kier alpha value is -1.71. The summed E-state index contributed by atoms with van der Waals surface area (Å²) in [7, 11) is 1.53. The average Bonchev–Trinajstić information content (AvgIpc) is 2.26. The van der Waals surface area contributed by atoms with Gasteiger partial charge in [-0.05, 0) is 30.5 Å². The molecule has 2 N–H and O–H groups in total. The molecule has 1 aromatic rings. The van der Waals surface area contributed by atoms with Gasteiger partial charge in [-0.2, -0.15) is 0 Å². The summed E-state index contributed by atoms with van der Waals surface area (Å²) in [6.07, 6.45) is 1.20. The average molecular weight is 209 g/mol. The third-order valence-corrected chi connectivity index (χ3v) is 1.98. The molecule has 0 saturated heterocycles. The lowest BCUT2D eigenvalue weighted by Gasteiger charge is -2.03. The molecule has 0 spiro atoms. The van der Waals surface area contributed by atoms with Gasteiger partial charge >= 0.3 is 6.09 Å². The standard InChI is InChI=1S/C11H15NO3/c1-12-11(14)15-8-2-3-9-4-6-10(13)7-5-9/h4-7,13H,2-3,8H2,1H3,(H,12,14). The molecule has 0 aromatic heterocycles. The van der Waals surface area contributed by atoms with E-state index in [4.69, 9.17) is 9.84 Å². The summed E-state index contributed by atoms with van der Waals surface area (Å²) in [6, 6.07) is 7.01. The van der Waals surface area contributed by atoms with Crippen LogP contribution in [-0.2, 0) is 11.2 Å². The van der Waals surface area contributed by atoms with Crippen LogP contribution in [0.3, 0.4) is 0 Å². The number of aromatic hydroxyl groups is 1. The maximum atomic E-state index is 10.7. The first-order chi connectivity index (χ1) is 7.22. The van der Waals surface area contributed by atoms with Gasteiger partial charge in [0, 0.05) is 7.05 Å². The van der Waals surface area contributed by atoms with E-state index in [-0.39, 0.29) is 5.75 Å². The summed E-state index contributed by atoms with van der Waals surface area (Å²) < 4.78 is 4.84. The summed E-state index contributed by atoms with van der Waals surface area (Å²) in [5.74, 6) is 0.264. The number of aryl methyl sites for hydroxylation is 1. The molecule has 15 heavy (non-hydrogen) atoms. The molecule has 0 heterocycles. The second-order valence-electron chi connectivity index (χ2n) is 3.16. The second-order valence-corrected chi connectivity index (χ2v) is 3.16. The van der Waals surface area contributed by atoms with Gasteiger partial charge < -0.3 is 15.2 Å². The van der Waals surface area contributed by atoms with Crippen molar-refractivity contribution in [2.45, 2.75) is 12.8 Å². The number of nitrogens with one attached hydrogen (secondary N) is 1. The van der Waals surface area contributed by atoms with Crippen molar-refractivity contribution in [2.24, 2.45) is 0 Å². The minimum Gasteiger partial charge on any atom is -0.508 e. The van der Waals surface area contributed by atoms with E-state index in [1.54, 1.807) is 12.1 Å². The number of benzene rings is 1. The molecule has 0 bridgehead atoms. The predicted molar refractivity (Wildman–Crippen MR) is 56.8 cm³/mol. The Labute approximate surface area is 88.9 Å². The molecule has 0 unspecified atom stereocenters. The van der Waals surface area contributed by atoms with Crippen molar-refractivity contribution in [3.05, 3.63) is 29.8 Å². The van der Waals surface area contributed by atoms with Gasteiger partial charge in [0.2, 0.25) is 0 Å². The van der Waals surface area contributed by atoms with Gasteiger partial charge in [0.15, 0.2) is 0 Å². The predicted octanol–water partition coefficient (Wildman–Crippen LogP) is 1.68. The molecule has 0 fully saturated rings. The van der Waals surface area contributed by atoms with Gasteiger partial charge in [0.25, 0.3) is 0 Å². The Bertz CT molecular complexity index is 308. The lowest BCUT2D eigenvalue weighted by Crippen LogP contribution is -2.19. The van der Waals surface area contributed by atoms with Crippen LogP contribution in [0.25, 0.3) is 0 Å². The van der Waals surface area contributed by atoms with Crippen molar-refractivity contribution in [3.63, 3.8) is 0 Å². The van der Waals surface area contributed by atoms with Gasteiger partial charge in [-0.15, -0.1) is 0 Å². The number of alkyl carbamates (subject to hydrolysis) is 1. The number of phenolic OH excluding ortho intramolecular Hbond substituents is 1. The van der Waals surface area contributed by atoms with Crippen molar-refractivity contribution in [1.29, 1.82) is 0 Å². The van der Waals surface area contributed by atoms with E-state index < -0.39 is 6.09 Å². The largest absolute Gasteiger partial charge is 0.508 e. The Morgan fingerprint density at radius 1 is 1.40 bits per heavy atom. The van der Waals surface area contributed by atoms with Crippen LogP contribution in [0.4, 0.5) is 4.79 Å². The number of amides is 1. The summed E-state index contributed by atoms with van der Waals surface area (Å²) in [6.45, 7) is 0.403. The summed E-state index contributed by atoms with van der Waals surface area (Å²) in [5, 5.41) is 11.4. The molecule has 0 atom stereocenters. The number of ether oxygens (including phenoxy) is 1. The van der Waals surface area contributed by atoms with Gasteiger partial charge in [-0.1, -0.05) is 12.1 Å². The van der Waals surface area contributed by atoms with Crippen molar-refractivity contribution in [1.82, 2.24) is 5.32 Å². The summed E-state index contributed by atoms with van der Waals surface area (Å²) >= 11 is 0. The van der Waals surface area contributed by atoms with Gasteiger partial charge in [-0.25, -0.2) is 4.79 Å². The molecule has 82 valence electrons. The number of hydrogen-bond donors (Lipinski definition) is 2. The Morgan fingerprint density at radius 3 is 2.67 bits per heavy atom. The first-order valence-corrected chi connectivity index (χ1v) is 4.85. The molecule has 4 heteroatoms. The Balaban J connectivity index is 2.20. The number of carbonyl (C=O) groups is 1. The maximum Gasteiger partial charge on any atom is 0.406 e. The fourth-order valence-electron chi connectivity index (χ4n) is 1.18. The number of rotatable bonds is 4. The number of hydrogen-bond acceptors (Lipinski definition) is 3. The molecule has 1 rings (SSSR count). The highest BCUT2D eigenvalue weighted by Gasteiger charge is 1.98. The number of phenols is 1. The molecular formula is C11H15NO3. The highest BCUT2D eigenvalue weighted by molar-refractivity contribution is 5.66. The maximum absolute atomic E-state index is 10.7. The van der Waals surface area contributed by atoms with Crippen LogP contribution >= 0.6 is 0 Å². The van der Waals surface area contributed by atoms with Crippen LogP contribution in [0.15, 0.2) is 24.3 Å². The molecule has 4 nitrogen and oxygen atoms in total. The SMILES string of the molecule is CNC(=O)OCCCc1ccc(O)cc1. The molecule has 0 aliphatic carbocycles. The highest BCUT2D eigenvalue weighted by Crippen LogP contribution is 2.10. The summed E-state index contributed by atoms with van der Waals surface area (Å²) in [5.41, 5.74) is 1.12. The first kappa shape index (κ1) is 11.4. The highest BCUT2D eigenvalue weighted by atomic mass is 16.5. The van der Waals surface area contributed by atoms with Crippen LogP contribution in [0.2, 0.25) is 0 Å². The van der Waals surface area contributed by atoms with Crippen LogP contribution in [0.5, 0.6) is 5.75 Å². The zero-order valence-corrected chi connectivity index (χ0v) is 8.69. The van der Waals surface area contributed by atoms with E-state index in [1.165, 1.54) is 7.05 Å². The van der Waals surface area contributed by atoms with Gasteiger partial charge in [-0.3, -0.25) is 0 Å². The molecule has 0 aliphatic heterocycles. The van der Waals surface area contributed by atoms with Crippen molar-refractivity contribution in [2.75, 3.05) is 13.7 Å². The summed E-state index contributed by atoms with van der Waals surface area (Å²) in [4.78, 5) is 10.7. The van der Waals surface area contributed by atoms with E-state index >= 15 is 0 Å². The minimum absolute atomic E-state index is 0.264.